The molecular formula is C77H106N10O13S4. The second kappa shape index (κ2) is 33.6. The molecule has 0 amide bonds. The van der Waals surface area contributed by atoms with Gasteiger partial charge < -0.3 is 39.5 Å². The summed E-state index contributed by atoms with van der Waals surface area (Å²) < 4.78 is 124. The molecule has 2 saturated heterocycles. The Morgan fingerprint density at radius 3 is 1.63 bits per heavy atom. The molecule has 5 aliphatic rings. The Morgan fingerprint density at radius 1 is 0.577 bits per heavy atom. The fourth-order valence-electron chi connectivity index (χ4n) is 14.6. The van der Waals surface area contributed by atoms with Crippen molar-refractivity contribution >= 4 is 74.2 Å². The number of aromatic amines is 1. The van der Waals surface area contributed by atoms with Crippen molar-refractivity contribution in [2.24, 2.45) is 17.8 Å². The van der Waals surface area contributed by atoms with Crippen LogP contribution in [0.5, 0.6) is 5.75 Å². The topological polar surface area (TPSA) is 280 Å². The van der Waals surface area contributed by atoms with E-state index in [1.165, 1.54) is 23.5 Å². The maximum Gasteiger partial charge on any atom is 0.264 e. The zero-order chi connectivity index (χ0) is 75.2. The second-order valence-electron chi connectivity index (χ2n) is 29.2. The lowest BCUT2D eigenvalue weighted by molar-refractivity contribution is 0.0675. The van der Waals surface area contributed by atoms with E-state index < -0.39 is 58.4 Å². The number of methoxy groups -OCH3 is 1. The maximum atomic E-state index is 13.9. The Bertz CT molecular complexity index is 4550. The van der Waals surface area contributed by atoms with Gasteiger partial charge in [-0.25, -0.2) is 38.0 Å². The van der Waals surface area contributed by atoms with E-state index in [0.29, 0.717) is 123 Å². The first-order valence-corrected chi connectivity index (χ1v) is 42.5. The number of H-pyrrole nitrogens is 1. The standard InChI is InChI=1S/C27H39N3O5S2.C26H37N3O4S.C24H30N4O4S/c1-5-21-6-8-23(9-7-21)30(19-20(2)3)37(34,35)24-10-11-26-25(18-24)27(31)14-17-29(26)22-12-15-28(16-13-22)36(4,32)33;1-18(2)16-29(25-15-27-20(4)13-19(25)3)34(31,32)22-5-6-24-23(14-22)26(30)7-10-28(24)17-21-8-11-33-12-9-21;1-16(2)28(22-7-5-19(32-4)11-17(22)3)33(30,31)20-6-8-23-21(12-20)24(29)9-10-27(23)15-18-13-25-26-14-18/h6-11,18,20,22,27,31H,5,12-17,19H2,1-4H3;5-6,13-15,18,21,26,30H,7-12,16-17H2,1-4H3;5-8,11-14,16,24,29H,9-10,15H2,1-4H3,(H,25,26). The Kier molecular flexibility index (Phi) is 25.6. The SMILES string of the molecule is CCc1ccc(N(CC(C)C)S(=O)(=O)c2ccc3c(c2)C(O)CCN3C2CCN(S(C)(=O)=O)CC2)cc1.COc1ccc(N(C(C)C)S(=O)(=O)c2ccc3c(c2)C(O)CCN3Cc2cn[nH]c2)c(C)c1.Cc1cc(C)c(N(CC(C)C)S(=O)(=O)c2ccc3c(c2)C(O)CCN3CC2CCOCC2)cn1. The van der Waals surface area contributed by atoms with Crippen molar-refractivity contribution in [3.8, 4) is 5.75 Å². The summed E-state index contributed by atoms with van der Waals surface area (Å²) in [6.07, 6.45) is 10.3. The number of aliphatic hydroxyl groups excluding tert-OH is 3. The van der Waals surface area contributed by atoms with Gasteiger partial charge in [-0.15, -0.1) is 0 Å². The highest BCUT2D eigenvalue weighted by atomic mass is 32.2. The zero-order valence-electron chi connectivity index (χ0n) is 62.2. The monoisotopic (exact) mass is 1510 g/mol. The number of fused-ring (bicyclic) bond motifs is 3. The predicted molar refractivity (Wildman–Crippen MR) is 411 cm³/mol. The molecule has 3 unspecified atom stereocenters. The van der Waals surface area contributed by atoms with Gasteiger partial charge in [0.1, 0.15) is 5.75 Å². The average molecular weight is 1510 g/mol. The second-order valence-corrected chi connectivity index (χ2v) is 36.8. The first kappa shape index (κ1) is 79.2. The van der Waals surface area contributed by atoms with Gasteiger partial charge in [-0.1, -0.05) is 46.8 Å². The number of rotatable bonds is 22. The molecule has 0 saturated carbocycles. The van der Waals surface area contributed by atoms with Gasteiger partial charge in [0.2, 0.25) is 10.0 Å². The van der Waals surface area contributed by atoms with Crippen LogP contribution in [0.25, 0.3) is 0 Å². The minimum atomic E-state index is -3.87. The van der Waals surface area contributed by atoms with E-state index in [-0.39, 0.29) is 38.6 Å². The molecule has 3 atom stereocenters. The summed E-state index contributed by atoms with van der Waals surface area (Å²) in [7, 11) is -13.2. The first-order chi connectivity index (χ1) is 49.3. The maximum absolute atomic E-state index is 13.9. The van der Waals surface area contributed by atoms with Crippen molar-refractivity contribution in [3.63, 3.8) is 0 Å². The van der Waals surface area contributed by atoms with Gasteiger partial charge in [-0.3, -0.25) is 23.0 Å². The quantitative estimate of drug-likeness (QED) is 0.0491. The molecule has 23 nitrogen and oxygen atoms in total. The smallest absolute Gasteiger partial charge is 0.264 e. The predicted octanol–water partition coefficient (Wildman–Crippen LogP) is 11.8. The van der Waals surface area contributed by atoms with Crippen LogP contribution < -0.4 is 32.4 Å². The van der Waals surface area contributed by atoms with E-state index in [9.17, 15) is 49.0 Å². The highest BCUT2D eigenvalue weighted by molar-refractivity contribution is 7.93. The Hall–Kier alpha value is -7.34. The third kappa shape index (κ3) is 18.2. The van der Waals surface area contributed by atoms with Gasteiger partial charge in [-0.05, 0) is 211 Å². The van der Waals surface area contributed by atoms with E-state index >= 15 is 0 Å². The summed E-state index contributed by atoms with van der Waals surface area (Å²) in [5, 5.41) is 39.1. The van der Waals surface area contributed by atoms with Crippen molar-refractivity contribution in [1.82, 2.24) is 19.5 Å². The molecule has 0 bridgehead atoms. The molecule has 0 radical (unpaired) electrons. The molecule has 104 heavy (non-hydrogen) atoms. The van der Waals surface area contributed by atoms with Crippen LogP contribution >= 0.6 is 0 Å². The number of hydrogen-bond donors (Lipinski definition) is 4. The van der Waals surface area contributed by atoms with E-state index in [2.05, 4.69) is 36.8 Å². The van der Waals surface area contributed by atoms with Crippen LogP contribution in [0, 0.1) is 38.5 Å². The Balaban J connectivity index is 0.000000168. The largest absolute Gasteiger partial charge is 0.497 e. The highest BCUT2D eigenvalue weighted by Gasteiger charge is 2.38. The van der Waals surface area contributed by atoms with Crippen LogP contribution in [0.15, 0.2) is 136 Å². The molecule has 566 valence electrons. The summed E-state index contributed by atoms with van der Waals surface area (Å²) in [6, 6.07) is 30.1. The highest BCUT2D eigenvalue weighted by Crippen LogP contribution is 2.43. The van der Waals surface area contributed by atoms with Crippen LogP contribution in [-0.2, 0) is 57.8 Å². The minimum absolute atomic E-state index is 0.122. The van der Waals surface area contributed by atoms with E-state index in [4.69, 9.17) is 9.47 Å². The lowest BCUT2D eigenvalue weighted by Crippen LogP contribution is -2.48. The molecule has 0 spiro atoms. The molecule has 7 aromatic rings. The van der Waals surface area contributed by atoms with Gasteiger partial charge in [0.25, 0.3) is 30.1 Å². The van der Waals surface area contributed by atoms with Gasteiger partial charge in [-0.2, -0.15) is 5.10 Å². The normalized spacial score (nSPS) is 18.4. The van der Waals surface area contributed by atoms with Crippen molar-refractivity contribution in [1.29, 1.82) is 0 Å². The van der Waals surface area contributed by atoms with Crippen LogP contribution in [0.1, 0.15) is 156 Å². The zero-order valence-corrected chi connectivity index (χ0v) is 65.4. The molecule has 2 fully saturated rings. The van der Waals surface area contributed by atoms with Gasteiger partial charge >= 0.3 is 0 Å². The third-order valence-corrected chi connectivity index (χ3v) is 27.0. The number of piperidine rings is 1. The molecule has 0 aliphatic carbocycles. The van der Waals surface area contributed by atoms with Gasteiger partial charge in [0.15, 0.2) is 0 Å². The van der Waals surface area contributed by atoms with Gasteiger partial charge in [0, 0.05) is 135 Å². The number of pyridine rings is 1. The van der Waals surface area contributed by atoms with Crippen molar-refractivity contribution in [2.45, 2.75) is 172 Å². The third-order valence-electron chi connectivity index (χ3n) is 20.2. The van der Waals surface area contributed by atoms with Gasteiger partial charge in [0.05, 0.1) is 75.8 Å². The summed E-state index contributed by atoms with van der Waals surface area (Å²) >= 11 is 0. The fourth-order valence-corrected chi connectivity index (χ4v) is 20.7. The number of anilines is 6. The van der Waals surface area contributed by atoms with Crippen LogP contribution in [-0.4, -0.2) is 159 Å². The summed E-state index contributed by atoms with van der Waals surface area (Å²) in [5.41, 5.74) is 11.1. The summed E-state index contributed by atoms with van der Waals surface area (Å²) in [4.78, 5) is 11.5. The number of ether oxygens (including phenoxy) is 2. The average Bonchev–Trinajstić information content (AvgIpc) is 1.02. The number of nitrogens with zero attached hydrogens (tertiary/aromatic N) is 9. The number of aryl methyl sites for hydroxylation is 4. The summed E-state index contributed by atoms with van der Waals surface area (Å²) in [6.45, 7) is 26.3. The van der Waals surface area contributed by atoms with Crippen molar-refractivity contribution in [2.75, 3.05) is 107 Å². The van der Waals surface area contributed by atoms with E-state index in [1.807, 2.05) is 111 Å². The molecule has 2 aromatic heterocycles. The molecule has 5 aliphatic heterocycles. The summed E-state index contributed by atoms with van der Waals surface area (Å²) in [5.74, 6) is 1.48. The lowest BCUT2D eigenvalue weighted by atomic mass is 9.94. The van der Waals surface area contributed by atoms with E-state index in [1.54, 1.807) is 80.2 Å². The number of hydrogen-bond acceptors (Lipinski definition) is 18. The molecule has 12 rings (SSSR count). The molecule has 5 aromatic carbocycles. The van der Waals surface area contributed by atoms with E-state index in [0.717, 1.165) is 90.6 Å². The lowest BCUT2D eigenvalue weighted by Gasteiger charge is -2.43. The number of benzene rings is 5. The molecule has 4 N–H and O–H groups in total. The molecule has 27 heteroatoms. The number of aromatic nitrogens is 3. The minimum Gasteiger partial charge on any atom is -0.497 e. The number of sulfonamides is 4. The molecule has 7 heterocycles. The number of aliphatic hydroxyl groups is 3. The van der Waals surface area contributed by atoms with Crippen LogP contribution in [0.4, 0.5) is 34.1 Å². The fraction of sp³-hybridized carbons (Fsp3) is 0.506. The van der Waals surface area contributed by atoms with Crippen LogP contribution in [0.3, 0.4) is 0 Å². The Morgan fingerprint density at radius 2 is 1.11 bits per heavy atom. The molecular weight excluding hydrogens is 1400 g/mol. The number of nitrogens with one attached hydrogen (secondary N) is 1. The van der Waals surface area contributed by atoms with Crippen molar-refractivity contribution in [3.05, 3.63) is 166 Å². The Labute approximate surface area is 617 Å². The van der Waals surface area contributed by atoms with Crippen molar-refractivity contribution < 1.29 is 58.5 Å². The van der Waals surface area contributed by atoms with Crippen LogP contribution in [0.2, 0.25) is 0 Å². The first-order valence-electron chi connectivity index (χ1n) is 36.3.